The Morgan fingerprint density at radius 3 is 2.43 bits per heavy atom. The van der Waals surface area contributed by atoms with E-state index >= 15 is 0 Å². The van der Waals surface area contributed by atoms with E-state index in [1.807, 2.05) is 30.3 Å². The summed E-state index contributed by atoms with van der Waals surface area (Å²) >= 11 is 11.9. The third kappa shape index (κ3) is 3.10. The van der Waals surface area contributed by atoms with Crippen molar-refractivity contribution >= 4 is 34.0 Å². The van der Waals surface area contributed by atoms with Crippen LogP contribution in [0.2, 0.25) is 10.0 Å². The molecular weight excluding hydrogens is 309 g/mol. The number of halogens is 2. The van der Waals surface area contributed by atoms with E-state index in [2.05, 4.69) is 4.98 Å². The van der Waals surface area contributed by atoms with Gasteiger partial charge in [0.25, 0.3) is 0 Å². The molecule has 0 spiro atoms. The molecule has 5 heteroatoms. The van der Waals surface area contributed by atoms with E-state index in [9.17, 15) is 5.11 Å². The molecule has 0 atom stereocenters. The molecule has 2 aromatic carbocycles. The van der Waals surface area contributed by atoms with E-state index in [0.717, 1.165) is 10.8 Å². The molecule has 0 unspecified atom stereocenters. The maximum atomic E-state index is 9.32. The molecular formula is C16H11Cl2NO2. The van der Waals surface area contributed by atoms with Gasteiger partial charge in [-0.1, -0.05) is 41.4 Å². The van der Waals surface area contributed by atoms with Gasteiger partial charge in [0.05, 0.1) is 12.3 Å². The van der Waals surface area contributed by atoms with Gasteiger partial charge in [0.2, 0.25) is 5.88 Å². The van der Waals surface area contributed by atoms with E-state index in [1.165, 1.54) is 0 Å². The lowest BCUT2D eigenvalue weighted by Gasteiger charge is -2.10. The number of rotatable bonds is 3. The zero-order chi connectivity index (χ0) is 14.8. The molecule has 0 saturated heterocycles. The molecule has 3 nitrogen and oxygen atoms in total. The van der Waals surface area contributed by atoms with Gasteiger partial charge < -0.3 is 9.84 Å². The largest absolute Gasteiger partial charge is 0.438 e. The van der Waals surface area contributed by atoms with Crippen LogP contribution in [-0.2, 0) is 6.61 Å². The molecule has 3 rings (SSSR count). The van der Waals surface area contributed by atoms with Crippen molar-refractivity contribution in [3.63, 3.8) is 0 Å². The minimum Gasteiger partial charge on any atom is -0.438 e. The topological polar surface area (TPSA) is 42.4 Å². The van der Waals surface area contributed by atoms with Gasteiger partial charge in [-0.25, -0.2) is 4.98 Å². The highest BCUT2D eigenvalue weighted by molar-refractivity contribution is 6.34. The van der Waals surface area contributed by atoms with Gasteiger partial charge in [0.1, 0.15) is 5.75 Å². The fourth-order valence-electron chi connectivity index (χ4n) is 2.08. The lowest BCUT2D eigenvalue weighted by Crippen LogP contribution is -1.95. The standard InChI is InChI=1S/C16H11Cl2NO2/c17-11-6-12(18)8-14(7-11)21-16-15-4-2-1-3-10(15)5-13(9-20)19-16/h1-8,20H,9H2. The van der Waals surface area contributed by atoms with Gasteiger partial charge in [0.15, 0.2) is 0 Å². The zero-order valence-corrected chi connectivity index (χ0v) is 12.4. The molecule has 1 aromatic heterocycles. The van der Waals surface area contributed by atoms with Crippen molar-refractivity contribution in [2.24, 2.45) is 0 Å². The Morgan fingerprint density at radius 1 is 1.00 bits per heavy atom. The van der Waals surface area contributed by atoms with Gasteiger partial charge in [0, 0.05) is 15.4 Å². The summed E-state index contributed by atoms with van der Waals surface area (Å²) in [6.45, 7) is -0.155. The molecule has 0 fully saturated rings. The Bertz CT molecular complexity index is 785. The molecule has 1 heterocycles. The van der Waals surface area contributed by atoms with E-state index in [-0.39, 0.29) is 6.61 Å². The lowest BCUT2D eigenvalue weighted by molar-refractivity contribution is 0.275. The van der Waals surface area contributed by atoms with Crippen molar-refractivity contribution in [3.05, 3.63) is 64.3 Å². The van der Waals surface area contributed by atoms with Gasteiger partial charge in [-0.15, -0.1) is 0 Å². The van der Waals surface area contributed by atoms with Crippen LogP contribution >= 0.6 is 23.2 Å². The number of aliphatic hydroxyl groups is 1. The van der Waals surface area contributed by atoms with Crippen molar-refractivity contribution in [1.82, 2.24) is 4.98 Å². The van der Waals surface area contributed by atoms with Crippen LogP contribution in [0.25, 0.3) is 10.8 Å². The van der Waals surface area contributed by atoms with E-state index in [4.69, 9.17) is 27.9 Å². The maximum absolute atomic E-state index is 9.32. The number of aromatic nitrogens is 1. The van der Waals surface area contributed by atoms with Gasteiger partial charge in [-0.3, -0.25) is 0 Å². The SMILES string of the molecule is OCc1cc2ccccc2c(Oc2cc(Cl)cc(Cl)c2)n1. The second kappa shape index (κ2) is 5.90. The van der Waals surface area contributed by atoms with Crippen LogP contribution in [0, 0.1) is 0 Å². The third-order valence-corrected chi connectivity index (χ3v) is 3.41. The summed E-state index contributed by atoms with van der Waals surface area (Å²) in [5, 5.41) is 12.1. The fourth-order valence-corrected chi connectivity index (χ4v) is 2.58. The van der Waals surface area contributed by atoms with Crippen LogP contribution in [-0.4, -0.2) is 10.1 Å². The van der Waals surface area contributed by atoms with Gasteiger partial charge in [-0.2, -0.15) is 0 Å². The molecule has 0 radical (unpaired) electrons. The maximum Gasteiger partial charge on any atom is 0.227 e. The number of fused-ring (bicyclic) bond motifs is 1. The number of hydrogen-bond acceptors (Lipinski definition) is 3. The van der Waals surface area contributed by atoms with Crippen LogP contribution in [0.15, 0.2) is 48.5 Å². The second-order valence-electron chi connectivity index (χ2n) is 4.51. The Balaban J connectivity index is 2.10. The molecule has 0 bridgehead atoms. The highest BCUT2D eigenvalue weighted by Gasteiger charge is 2.09. The summed E-state index contributed by atoms with van der Waals surface area (Å²) < 4.78 is 5.80. The van der Waals surface area contributed by atoms with Gasteiger partial charge in [-0.05, 0) is 35.7 Å². The first kappa shape index (κ1) is 14.1. The summed E-state index contributed by atoms with van der Waals surface area (Å²) in [5.41, 5.74) is 0.539. The number of hydrogen-bond donors (Lipinski definition) is 1. The predicted octanol–water partition coefficient (Wildman–Crippen LogP) is 4.83. The Labute approximate surface area is 131 Å². The van der Waals surface area contributed by atoms with Crippen molar-refractivity contribution in [2.75, 3.05) is 0 Å². The Kier molecular flexibility index (Phi) is 3.97. The van der Waals surface area contributed by atoms with Crippen molar-refractivity contribution in [1.29, 1.82) is 0 Å². The first-order valence-corrected chi connectivity index (χ1v) is 7.05. The lowest BCUT2D eigenvalue weighted by atomic mass is 10.1. The molecule has 0 amide bonds. The van der Waals surface area contributed by atoms with Crippen molar-refractivity contribution < 1.29 is 9.84 Å². The summed E-state index contributed by atoms with van der Waals surface area (Å²) in [7, 11) is 0. The average molecular weight is 320 g/mol. The fraction of sp³-hybridized carbons (Fsp3) is 0.0625. The first-order chi connectivity index (χ1) is 10.2. The average Bonchev–Trinajstić information content (AvgIpc) is 2.46. The van der Waals surface area contributed by atoms with Crippen molar-refractivity contribution in [3.8, 4) is 11.6 Å². The monoisotopic (exact) mass is 319 g/mol. The van der Waals surface area contributed by atoms with Crippen LogP contribution in [0.1, 0.15) is 5.69 Å². The van der Waals surface area contributed by atoms with Crippen LogP contribution < -0.4 is 4.74 Å². The molecule has 106 valence electrons. The molecule has 0 saturated carbocycles. The quantitative estimate of drug-likeness (QED) is 0.752. The van der Waals surface area contributed by atoms with Gasteiger partial charge >= 0.3 is 0 Å². The Morgan fingerprint density at radius 2 is 1.71 bits per heavy atom. The summed E-state index contributed by atoms with van der Waals surface area (Å²) in [6.07, 6.45) is 0. The summed E-state index contributed by atoms with van der Waals surface area (Å²) in [5.74, 6) is 0.913. The number of pyridine rings is 1. The zero-order valence-electron chi connectivity index (χ0n) is 10.9. The first-order valence-electron chi connectivity index (χ1n) is 6.29. The van der Waals surface area contributed by atoms with Crippen LogP contribution in [0.5, 0.6) is 11.6 Å². The highest BCUT2D eigenvalue weighted by atomic mass is 35.5. The number of ether oxygens (including phenoxy) is 1. The predicted molar refractivity (Wildman–Crippen MR) is 84.2 cm³/mol. The number of aliphatic hydroxyl groups excluding tert-OH is 1. The molecule has 3 aromatic rings. The molecule has 0 aliphatic rings. The minimum absolute atomic E-state index is 0.155. The number of nitrogens with zero attached hydrogens (tertiary/aromatic N) is 1. The van der Waals surface area contributed by atoms with Crippen LogP contribution in [0.3, 0.4) is 0 Å². The normalized spacial score (nSPS) is 10.8. The van der Waals surface area contributed by atoms with Crippen molar-refractivity contribution in [2.45, 2.75) is 6.61 Å². The molecule has 21 heavy (non-hydrogen) atoms. The molecule has 0 aliphatic heterocycles. The Hall–Kier alpha value is -1.81. The molecule has 0 aliphatic carbocycles. The second-order valence-corrected chi connectivity index (χ2v) is 5.38. The minimum atomic E-state index is -0.155. The summed E-state index contributed by atoms with van der Waals surface area (Å²) in [6, 6.07) is 14.5. The van der Waals surface area contributed by atoms with E-state index in [0.29, 0.717) is 27.4 Å². The van der Waals surface area contributed by atoms with E-state index in [1.54, 1.807) is 18.2 Å². The molecule has 1 N–H and O–H groups in total. The smallest absolute Gasteiger partial charge is 0.227 e. The third-order valence-electron chi connectivity index (χ3n) is 2.97. The highest BCUT2D eigenvalue weighted by Crippen LogP contribution is 2.31. The van der Waals surface area contributed by atoms with Crippen LogP contribution in [0.4, 0.5) is 0 Å². The summed E-state index contributed by atoms with van der Waals surface area (Å²) in [4.78, 5) is 4.32. The van der Waals surface area contributed by atoms with E-state index < -0.39 is 0 Å². The number of benzene rings is 2.